The second kappa shape index (κ2) is 4.49. The van der Waals surface area contributed by atoms with Gasteiger partial charge in [0.15, 0.2) is 0 Å². The Morgan fingerprint density at radius 3 is 2.71 bits per heavy atom. The highest BCUT2D eigenvalue weighted by Crippen LogP contribution is 2.30. The highest BCUT2D eigenvalue weighted by atomic mass is 16.2. The lowest BCUT2D eigenvalue weighted by atomic mass is 9.91. The first-order chi connectivity index (χ1) is 8.03. The van der Waals surface area contributed by atoms with Crippen LogP contribution in [0.2, 0.25) is 0 Å². The number of hydrogen-bond donors (Lipinski definition) is 1. The predicted molar refractivity (Wildman–Crippen MR) is 70.0 cm³/mol. The third-order valence-corrected chi connectivity index (χ3v) is 3.33. The maximum atomic E-state index is 12.0. The summed E-state index contributed by atoms with van der Waals surface area (Å²) in [7, 11) is 0. The van der Waals surface area contributed by atoms with Crippen LogP contribution in [0.15, 0.2) is 24.3 Å². The standard InChI is InChI=1S/C14H20N2O/c1-14(2,9-15)10-16-12-6-4-3-5-11(12)7-8-13(16)17/h3-6H,7-10,15H2,1-2H3. The van der Waals surface area contributed by atoms with Crippen LogP contribution < -0.4 is 10.6 Å². The average Bonchev–Trinajstić information content (AvgIpc) is 2.33. The number of benzene rings is 1. The Balaban J connectivity index is 2.30. The van der Waals surface area contributed by atoms with E-state index in [4.69, 9.17) is 5.73 Å². The van der Waals surface area contributed by atoms with E-state index in [2.05, 4.69) is 19.9 Å². The second-order valence-electron chi connectivity index (χ2n) is 5.48. The smallest absolute Gasteiger partial charge is 0.227 e. The van der Waals surface area contributed by atoms with Gasteiger partial charge in [-0.2, -0.15) is 0 Å². The lowest BCUT2D eigenvalue weighted by Gasteiger charge is -2.35. The predicted octanol–water partition coefficient (Wildman–Crippen LogP) is 1.95. The van der Waals surface area contributed by atoms with Crippen molar-refractivity contribution >= 4 is 11.6 Å². The number of amides is 1. The van der Waals surface area contributed by atoms with Crippen LogP contribution >= 0.6 is 0 Å². The van der Waals surface area contributed by atoms with E-state index in [-0.39, 0.29) is 11.3 Å². The molecule has 0 saturated heterocycles. The van der Waals surface area contributed by atoms with Crippen LogP contribution in [-0.4, -0.2) is 19.0 Å². The molecule has 0 aliphatic carbocycles. The first-order valence-corrected chi connectivity index (χ1v) is 6.12. The van der Waals surface area contributed by atoms with Gasteiger partial charge in [-0.15, -0.1) is 0 Å². The molecule has 2 N–H and O–H groups in total. The number of rotatable bonds is 3. The Labute approximate surface area is 103 Å². The van der Waals surface area contributed by atoms with Crippen molar-refractivity contribution in [3.63, 3.8) is 0 Å². The third-order valence-electron chi connectivity index (χ3n) is 3.33. The lowest BCUT2D eigenvalue weighted by Crippen LogP contribution is -2.44. The number of nitrogens with zero attached hydrogens (tertiary/aromatic N) is 1. The summed E-state index contributed by atoms with van der Waals surface area (Å²) in [5, 5.41) is 0. The Hall–Kier alpha value is -1.35. The molecule has 1 aliphatic heterocycles. The summed E-state index contributed by atoms with van der Waals surface area (Å²) in [5.41, 5.74) is 8.03. The van der Waals surface area contributed by atoms with Gasteiger partial charge in [-0.05, 0) is 30.0 Å². The van der Waals surface area contributed by atoms with Crippen molar-refractivity contribution in [2.75, 3.05) is 18.0 Å². The molecule has 0 atom stereocenters. The SMILES string of the molecule is CC(C)(CN)CN1C(=O)CCc2ccccc21. The van der Waals surface area contributed by atoms with Crippen molar-refractivity contribution in [1.29, 1.82) is 0 Å². The normalized spacial score (nSPS) is 15.9. The molecule has 1 aliphatic rings. The quantitative estimate of drug-likeness (QED) is 0.865. The summed E-state index contributed by atoms with van der Waals surface area (Å²) in [6.07, 6.45) is 1.46. The molecule has 92 valence electrons. The Morgan fingerprint density at radius 1 is 1.29 bits per heavy atom. The van der Waals surface area contributed by atoms with Gasteiger partial charge in [0.2, 0.25) is 5.91 Å². The van der Waals surface area contributed by atoms with E-state index >= 15 is 0 Å². The van der Waals surface area contributed by atoms with Crippen LogP contribution in [0.4, 0.5) is 5.69 Å². The molecule has 3 nitrogen and oxygen atoms in total. The minimum absolute atomic E-state index is 0.0416. The molecule has 17 heavy (non-hydrogen) atoms. The molecule has 1 heterocycles. The number of fused-ring (bicyclic) bond motifs is 1. The molecule has 2 rings (SSSR count). The van der Waals surface area contributed by atoms with Crippen molar-refractivity contribution in [3.05, 3.63) is 29.8 Å². The Morgan fingerprint density at radius 2 is 2.00 bits per heavy atom. The van der Waals surface area contributed by atoms with Crippen LogP contribution in [-0.2, 0) is 11.2 Å². The van der Waals surface area contributed by atoms with Gasteiger partial charge < -0.3 is 10.6 Å². The number of carbonyl (C=O) groups excluding carboxylic acids is 1. The molecule has 0 unspecified atom stereocenters. The van der Waals surface area contributed by atoms with E-state index in [0.717, 1.165) is 12.1 Å². The molecular weight excluding hydrogens is 212 g/mol. The van der Waals surface area contributed by atoms with Gasteiger partial charge in [-0.25, -0.2) is 0 Å². The fourth-order valence-electron chi connectivity index (χ4n) is 2.16. The van der Waals surface area contributed by atoms with Gasteiger partial charge in [0, 0.05) is 18.7 Å². The van der Waals surface area contributed by atoms with Gasteiger partial charge >= 0.3 is 0 Å². The number of carbonyl (C=O) groups is 1. The first-order valence-electron chi connectivity index (χ1n) is 6.12. The van der Waals surface area contributed by atoms with Crippen molar-refractivity contribution in [3.8, 4) is 0 Å². The van der Waals surface area contributed by atoms with Crippen molar-refractivity contribution < 1.29 is 4.79 Å². The molecule has 3 heteroatoms. The molecule has 0 radical (unpaired) electrons. The Bertz CT molecular complexity index is 426. The largest absolute Gasteiger partial charge is 0.330 e. The number of nitrogens with two attached hydrogens (primary N) is 1. The van der Waals surface area contributed by atoms with Crippen LogP contribution in [0.5, 0.6) is 0 Å². The zero-order valence-electron chi connectivity index (χ0n) is 10.6. The van der Waals surface area contributed by atoms with Gasteiger partial charge in [-0.1, -0.05) is 32.0 Å². The summed E-state index contributed by atoms with van der Waals surface area (Å²) in [6.45, 7) is 5.47. The lowest BCUT2D eigenvalue weighted by molar-refractivity contribution is -0.119. The van der Waals surface area contributed by atoms with E-state index in [9.17, 15) is 4.79 Å². The number of aryl methyl sites for hydroxylation is 1. The van der Waals surface area contributed by atoms with Crippen LogP contribution in [0.3, 0.4) is 0 Å². The highest BCUT2D eigenvalue weighted by molar-refractivity contribution is 5.96. The van der Waals surface area contributed by atoms with E-state index < -0.39 is 0 Å². The van der Waals surface area contributed by atoms with E-state index in [1.807, 2.05) is 23.1 Å². The third kappa shape index (κ3) is 2.50. The minimum Gasteiger partial charge on any atom is -0.330 e. The zero-order valence-corrected chi connectivity index (χ0v) is 10.6. The minimum atomic E-state index is -0.0416. The average molecular weight is 232 g/mol. The molecule has 1 aromatic rings. The van der Waals surface area contributed by atoms with Gasteiger partial charge in [-0.3, -0.25) is 4.79 Å². The summed E-state index contributed by atoms with van der Waals surface area (Å²) in [6, 6.07) is 8.14. The van der Waals surface area contributed by atoms with Crippen LogP contribution in [0.25, 0.3) is 0 Å². The summed E-state index contributed by atoms with van der Waals surface area (Å²) >= 11 is 0. The van der Waals surface area contributed by atoms with Crippen molar-refractivity contribution in [2.45, 2.75) is 26.7 Å². The maximum absolute atomic E-state index is 12.0. The number of anilines is 1. The van der Waals surface area contributed by atoms with E-state index in [1.165, 1.54) is 5.56 Å². The molecule has 0 fully saturated rings. The molecule has 0 bridgehead atoms. The van der Waals surface area contributed by atoms with Crippen molar-refractivity contribution in [2.24, 2.45) is 11.1 Å². The fraction of sp³-hybridized carbons (Fsp3) is 0.500. The molecule has 0 aromatic heterocycles. The van der Waals surface area contributed by atoms with E-state index in [0.29, 0.717) is 19.5 Å². The Kier molecular flexibility index (Phi) is 3.20. The summed E-state index contributed by atoms with van der Waals surface area (Å²) in [5.74, 6) is 0.213. The van der Waals surface area contributed by atoms with Crippen LogP contribution in [0.1, 0.15) is 25.8 Å². The zero-order chi connectivity index (χ0) is 12.5. The first kappa shape index (κ1) is 12.1. The second-order valence-corrected chi connectivity index (χ2v) is 5.48. The highest BCUT2D eigenvalue weighted by Gasteiger charge is 2.28. The van der Waals surface area contributed by atoms with Crippen LogP contribution in [0, 0.1) is 5.41 Å². The molecular formula is C14H20N2O. The molecule has 0 saturated carbocycles. The topological polar surface area (TPSA) is 46.3 Å². The maximum Gasteiger partial charge on any atom is 0.227 e. The molecule has 0 spiro atoms. The summed E-state index contributed by atoms with van der Waals surface area (Å²) < 4.78 is 0. The summed E-state index contributed by atoms with van der Waals surface area (Å²) in [4.78, 5) is 13.9. The molecule has 1 aromatic carbocycles. The van der Waals surface area contributed by atoms with Gasteiger partial charge in [0.1, 0.15) is 0 Å². The van der Waals surface area contributed by atoms with Gasteiger partial charge in [0.25, 0.3) is 0 Å². The van der Waals surface area contributed by atoms with Crippen molar-refractivity contribution in [1.82, 2.24) is 0 Å². The van der Waals surface area contributed by atoms with E-state index in [1.54, 1.807) is 0 Å². The number of hydrogen-bond acceptors (Lipinski definition) is 2. The molecule has 1 amide bonds. The monoisotopic (exact) mass is 232 g/mol. The fourth-order valence-corrected chi connectivity index (χ4v) is 2.16. The van der Waals surface area contributed by atoms with Gasteiger partial charge in [0.05, 0.1) is 0 Å². The number of para-hydroxylation sites is 1.